The highest BCUT2D eigenvalue weighted by Crippen LogP contribution is 2.23. The van der Waals surface area contributed by atoms with Crippen LogP contribution in [0.1, 0.15) is 18.3 Å². The largest absolute Gasteiger partial charge is 0.478 e. The highest BCUT2D eigenvalue weighted by atomic mass is 16.5. The quantitative estimate of drug-likeness (QED) is 0.893. The minimum absolute atomic E-state index is 0.463. The van der Waals surface area contributed by atoms with Crippen LogP contribution < -0.4 is 15.2 Å². The molecule has 0 fully saturated rings. The summed E-state index contributed by atoms with van der Waals surface area (Å²) < 4.78 is 11.1. The van der Waals surface area contributed by atoms with E-state index < -0.39 is 0 Å². The molecular weight excluding hydrogens is 242 g/mol. The summed E-state index contributed by atoms with van der Waals surface area (Å²) in [5.41, 5.74) is 6.61. The Morgan fingerprint density at radius 1 is 1.16 bits per heavy atom. The standard InChI is InChI=1S/C14H17N3O2/c1-3-18-13-8-14(17-10(2)16-13)19-12-6-4-5-11(7-12)9-15/h4-8H,3,9,15H2,1-2H3. The van der Waals surface area contributed by atoms with E-state index in [1.165, 1.54) is 0 Å². The molecule has 19 heavy (non-hydrogen) atoms. The van der Waals surface area contributed by atoms with Gasteiger partial charge in [0.2, 0.25) is 11.8 Å². The van der Waals surface area contributed by atoms with Crippen molar-refractivity contribution in [2.45, 2.75) is 20.4 Å². The third-order valence-corrected chi connectivity index (χ3v) is 2.44. The minimum Gasteiger partial charge on any atom is -0.478 e. The number of rotatable bonds is 5. The molecule has 0 amide bonds. The van der Waals surface area contributed by atoms with Gasteiger partial charge < -0.3 is 15.2 Å². The van der Waals surface area contributed by atoms with E-state index in [0.29, 0.717) is 36.5 Å². The molecule has 2 N–H and O–H groups in total. The predicted molar refractivity (Wildman–Crippen MR) is 72.3 cm³/mol. The SMILES string of the molecule is CCOc1cc(Oc2cccc(CN)c2)nc(C)n1. The van der Waals surface area contributed by atoms with E-state index in [1.54, 1.807) is 13.0 Å². The first-order valence-electron chi connectivity index (χ1n) is 6.16. The average molecular weight is 259 g/mol. The molecule has 0 radical (unpaired) electrons. The van der Waals surface area contributed by atoms with Crippen LogP contribution in [-0.4, -0.2) is 16.6 Å². The summed E-state index contributed by atoms with van der Waals surface area (Å²) >= 11 is 0. The Hall–Kier alpha value is -2.14. The van der Waals surface area contributed by atoms with Crippen LogP contribution in [0, 0.1) is 6.92 Å². The maximum Gasteiger partial charge on any atom is 0.226 e. The third kappa shape index (κ3) is 3.66. The minimum atomic E-state index is 0.463. The van der Waals surface area contributed by atoms with Crippen molar-refractivity contribution in [2.24, 2.45) is 5.73 Å². The monoisotopic (exact) mass is 259 g/mol. The van der Waals surface area contributed by atoms with Crippen molar-refractivity contribution in [3.8, 4) is 17.5 Å². The number of nitrogens with zero attached hydrogens (tertiary/aromatic N) is 2. The Kier molecular flexibility index (Phi) is 4.30. The van der Waals surface area contributed by atoms with Crippen LogP contribution in [0.2, 0.25) is 0 Å². The van der Waals surface area contributed by atoms with E-state index >= 15 is 0 Å². The zero-order chi connectivity index (χ0) is 13.7. The van der Waals surface area contributed by atoms with Crippen LogP contribution in [0.3, 0.4) is 0 Å². The van der Waals surface area contributed by atoms with E-state index in [-0.39, 0.29) is 0 Å². The number of ether oxygens (including phenoxy) is 2. The van der Waals surface area contributed by atoms with Crippen LogP contribution in [-0.2, 0) is 6.54 Å². The first kappa shape index (κ1) is 13.3. The highest BCUT2D eigenvalue weighted by Gasteiger charge is 2.05. The van der Waals surface area contributed by atoms with E-state index in [1.807, 2.05) is 31.2 Å². The van der Waals surface area contributed by atoms with Crippen molar-refractivity contribution in [2.75, 3.05) is 6.61 Å². The van der Waals surface area contributed by atoms with Gasteiger partial charge >= 0.3 is 0 Å². The van der Waals surface area contributed by atoms with Crippen molar-refractivity contribution in [1.82, 2.24) is 9.97 Å². The molecule has 2 rings (SSSR count). The van der Waals surface area contributed by atoms with Gasteiger partial charge in [0.25, 0.3) is 0 Å². The van der Waals surface area contributed by atoms with Crippen molar-refractivity contribution >= 4 is 0 Å². The highest BCUT2D eigenvalue weighted by molar-refractivity contribution is 5.32. The fourth-order valence-corrected chi connectivity index (χ4v) is 1.64. The van der Waals surface area contributed by atoms with Gasteiger partial charge in [-0.2, -0.15) is 9.97 Å². The number of benzene rings is 1. The second-order valence-corrected chi connectivity index (χ2v) is 3.98. The van der Waals surface area contributed by atoms with Gasteiger partial charge in [-0.25, -0.2) is 0 Å². The van der Waals surface area contributed by atoms with Gasteiger partial charge in [0.15, 0.2) is 0 Å². The Balaban J connectivity index is 2.22. The zero-order valence-electron chi connectivity index (χ0n) is 11.1. The zero-order valence-corrected chi connectivity index (χ0v) is 11.1. The van der Waals surface area contributed by atoms with E-state index in [0.717, 1.165) is 5.56 Å². The van der Waals surface area contributed by atoms with Gasteiger partial charge in [-0.1, -0.05) is 12.1 Å². The Morgan fingerprint density at radius 2 is 1.95 bits per heavy atom. The third-order valence-electron chi connectivity index (χ3n) is 2.44. The van der Waals surface area contributed by atoms with Gasteiger partial charge in [0, 0.05) is 6.54 Å². The van der Waals surface area contributed by atoms with Gasteiger partial charge in [0.05, 0.1) is 12.7 Å². The molecule has 1 aromatic carbocycles. The molecule has 0 saturated heterocycles. The molecule has 0 aliphatic rings. The second-order valence-electron chi connectivity index (χ2n) is 3.98. The van der Waals surface area contributed by atoms with E-state index in [4.69, 9.17) is 15.2 Å². The van der Waals surface area contributed by atoms with Crippen molar-refractivity contribution in [3.63, 3.8) is 0 Å². The summed E-state index contributed by atoms with van der Waals surface area (Å²) in [7, 11) is 0. The second kappa shape index (κ2) is 6.15. The lowest BCUT2D eigenvalue weighted by molar-refractivity contribution is 0.321. The summed E-state index contributed by atoms with van der Waals surface area (Å²) in [6.45, 7) is 4.73. The molecule has 0 atom stereocenters. The maximum atomic E-state index is 5.70. The van der Waals surface area contributed by atoms with Crippen LogP contribution >= 0.6 is 0 Å². The number of nitrogens with two attached hydrogens (primary N) is 1. The molecule has 1 aromatic heterocycles. The van der Waals surface area contributed by atoms with Gasteiger partial charge in [0.1, 0.15) is 11.6 Å². The van der Waals surface area contributed by atoms with Crippen molar-refractivity contribution in [3.05, 3.63) is 41.7 Å². The molecule has 0 aliphatic carbocycles. The van der Waals surface area contributed by atoms with Gasteiger partial charge in [-0.15, -0.1) is 0 Å². The summed E-state index contributed by atoms with van der Waals surface area (Å²) in [6, 6.07) is 9.26. The average Bonchev–Trinajstić information content (AvgIpc) is 2.38. The number of hydrogen-bond donors (Lipinski definition) is 1. The lowest BCUT2D eigenvalue weighted by Crippen LogP contribution is -2.00. The van der Waals surface area contributed by atoms with Crippen LogP contribution in [0.15, 0.2) is 30.3 Å². The number of aryl methyl sites for hydroxylation is 1. The molecule has 0 bridgehead atoms. The smallest absolute Gasteiger partial charge is 0.226 e. The lowest BCUT2D eigenvalue weighted by Gasteiger charge is -2.08. The van der Waals surface area contributed by atoms with Crippen LogP contribution in [0.25, 0.3) is 0 Å². The summed E-state index contributed by atoms with van der Waals surface area (Å²) in [4.78, 5) is 8.39. The predicted octanol–water partition coefficient (Wildman–Crippen LogP) is 2.43. The summed E-state index contributed by atoms with van der Waals surface area (Å²) in [5.74, 6) is 2.28. The molecule has 100 valence electrons. The number of aromatic nitrogens is 2. The molecule has 5 nitrogen and oxygen atoms in total. The van der Waals surface area contributed by atoms with Gasteiger partial charge in [-0.05, 0) is 31.5 Å². The summed E-state index contributed by atoms with van der Waals surface area (Å²) in [6.07, 6.45) is 0. The fraction of sp³-hybridized carbons (Fsp3) is 0.286. The molecular formula is C14H17N3O2. The molecule has 2 aromatic rings. The molecule has 0 spiro atoms. The summed E-state index contributed by atoms with van der Waals surface area (Å²) in [5, 5.41) is 0. The molecule has 0 aliphatic heterocycles. The lowest BCUT2D eigenvalue weighted by atomic mass is 10.2. The Morgan fingerprint density at radius 3 is 2.68 bits per heavy atom. The topological polar surface area (TPSA) is 70.3 Å². The molecule has 0 unspecified atom stereocenters. The first-order chi connectivity index (χ1) is 9.21. The molecule has 1 heterocycles. The van der Waals surface area contributed by atoms with Gasteiger partial charge in [-0.3, -0.25) is 0 Å². The first-order valence-corrected chi connectivity index (χ1v) is 6.16. The normalized spacial score (nSPS) is 10.3. The molecule has 5 heteroatoms. The Bertz CT molecular complexity index is 558. The van der Waals surface area contributed by atoms with E-state index in [9.17, 15) is 0 Å². The van der Waals surface area contributed by atoms with Crippen molar-refractivity contribution in [1.29, 1.82) is 0 Å². The fourth-order valence-electron chi connectivity index (χ4n) is 1.64. The van der Waals surface area contributed by atoms with Crippen molar-refractivity contribution < 1.29 is 9.47 Å². The van der Waals surface area contributed by atoms with E-state index in [2.05, 4.69) is 9.97 Å². The maximum absolute atomic E-state index is 5.70. The van der Waals surface area contributed by atoms with Crippen LogP contribution in [0.5, 0.6) is 17.5 Å². The van der Waals surface area contributed by atoms with Crippen LogP contribution in [0.4, 0.5) is 0 Å². The molecule has 0 saturated carbocycles. The number of hydrogen-bond acceptors (Lipinski definition) is 5. The Labute approximate surface area is 112 Å².